The highest BCUT2D eigenvalue weighted by Crippen LogP contribution is 2.39. The van der Waals surface area contributed by atoms with Crippen molar-refractivity contribution in [2.75, 3.05) is 6.61 Å². The van der Waals surface area contributed by atoms with E-state index in [0.29, 0.717) is 6.61 Å². The lowest BCUT2D eigenvalue weighted by molar-refractivity contribution is -0.364. The second-order valence-electron chi connectivity index (χ2n) is 20.0. The molecule has 2 fully saturated rings. The van der Waals surface area contributed by atoms with E-state index in [0.717, 1.165) is 44.5 Å². The Kier molecular flexibility index (Phi) is 20.8. The SMILES string of the molecule is O[C@@H]1[C@@H](OCc2ccccc2)[C@H](OCc2ccccc2)[C@@H](OCc2ccccc2)[C@@H](O[C@H]2O[C@H](COCc3ccccc3)[C@@H](OCc3ccccc3)[C@H](OCc3ccccc3)[C@H]2OCc2ccccc2)[C@H]1OCc1ccccc1. The van der Waals surface area contributed by atoms with Crippen molar-refractivity contribution in [3.63, 3.8) is 0 Å². The summed E-state index contributed by atoms with van der Waals surface area (Å²) in [6.45, 7) is 1.81. The lowest BCUT2D eigenvalue weighted by Gasteiger charge is -2.51. The topological polar surface area (TPSA) is 113 Å². The Labute approximate surface area is 464 Å². The van der Waals surface area contributed by atoms with Crippen molar-refractivity contribution in [3.8, 4) is 0 Å². The van der Waals surface area contributed by atoms with Crippen molar-refractivity contribution in [3.05, 3.63) is 287 Å². The molecule has 11 atom stereocenters. The Hall–Kier alpha value is -6.68. The molecule has 0 spiro atoms. The molecule has 11 heteroatoms. The normalized spacial score (nSPS) is 24.0. The molecule has 1 aliphatic carbocycles. The molecule has 8 aromatic rings. The van der Waals surface area contributed by atoms with E-state index >= 15 is 0 Å². The number of hydrogen-bond acceptors (Lipinski definition) is 11. The minimum absolute atomic E-state index is 0.109. The first kappa shape index (κ1) is 55.6. The fourth-order valence-electron chi connectivity index (χ4n) is 10.1. The van der Waals surface area contributed by atoms with Crippen LogP contribution in [-0.2, 0) is 100 Å². The van der Waals surface area contributed by atoms with Crippen LogP contribution in [0.15, 0.2) is 243 Å². The first-order chi connectivity index (χ1) is 39.1. The van der Waals surface area contributed by atoms with Gasteiger partial charge in [0.2, 0.25) is 0 Å². The van der Waals surface area contributed by atoms with Crippen LogP contribution in [0.4, 0.5) is 0 Å². The van der Waals surface area contributed by atoms with Crippen molar-refractivity contribution in [1.29, 1.82) is 0 Å². The molecule has 8 aromatic carbocycles. The van der Waals surface area contributed by atoms with Crippen LogP contribution >= 0.6 is 0 Å². The Bertz CT molecular complexity index is 2910. The van der Waals surface area contributed by atoms with Crippen LogP contribution in [0.2, 0.25) is 0 Å². The molecule has 2 aliphatic rings. The molecule has 1 aliphatic heterocycles. The van der Waals surface area contributed by atoms with Crippen molar-refractivity contribution in [1.82, 2.24) is 0 Å². The highest BCUT2D eigenvalue weighted by Gasteiger charge is 2.57. The molecule has 1 saturated carbocycles. The Morgan fingerprint density at radius 1 is 0.266 bits per heavy atom. The van der Waals surface area contributed by atoms with Gasteiger partial charge in [-0.2, -0.15) is 0 Å². The van der Waals surface area contributed by atoms with Crippen LogP contribution in [0, 0.1) is 0 Å². The van der Waals surface area contributed by atoms with Gasteiger partial charge >= 0.3 is 0 Å². The van der Waals surface area contributed by atoms with Crippen LogP contribution in [0.3, 0.4) is 0 Å². The molecule has 0 radical (unpaired) electrons. The number of aliphatic hydroxyl groups excluding tert-OH is 1. The highest BCUT2D eigenvalue weighted by atomic mass is 16.7. The van der Waals surface area contributed by atoms with Crippen LogP contribution in [-0.4, -0.2) is 79.0 Å². The van der Waals surface area contributed by atoms with Gasteiger partial charge in [-0.1, -0.05) is 243 Å². The van der Waals surface area contributed by atoms with Gasteiger partial charge in [-0.25, -0.2) is 0 Å². The van der Waals surface area contributed by atoms with Gasteiger partial charge in [0.1, 0.15) is 61.0 Å². The number of hydrogen-bond donors (Lipinski definition) is 1. The summed E-state index contributed by atoms with van der Waals surface area (Å²) >= 11 is 0. The monoisotopic (exact) mass is 1060 g/mol. The molecular formula is C68H70O11. The summed E-state index contributed by atoms with van der Waals surface area (Å²) in [6.07, 6.45) is -10.7. The molecule has 408 valence electrons. The summed E-state index contributed by atoms with van der Waals surface area (Å²) in [6, 6.07) is 79.8. The van der Waals surface area contributed by atoms with E-state index in [-0.39, 0.29) is 52.9 Å². The number of ether oxygens (including phenoxy) is 10. The maximum Gasteiger partial charge on any atom is 0.187 e. The second-order valence-corrected chi connectivity index (χ2v) is 20.0. The van der Waals surface area contributed by atoms with Crippen molar-refractivity contribution in [2.24, 2.45) is 0 Å². The van der Waals surface area contributed by atoms with Crippen molar-refractivity contribution < 1.29 is 52.5 Å². The molecular weight excluding hydrogens is 993 g/mol. The fraction of sp³-hybridized carbons (Fsp3) is 0.294. The maximum absolute atomic E-state index is 13.1. The minimum atomic E-state index is -1.31. The Morgan fingerprint density at radius 2 is 0.506 bits per heavy atom. The molecule has 11 nitrogen and oxygen atoms in total. The van der Waals surface area contributed by atoms with Gasteiger partial charge in [0, 0.05) is 0 Å². The van der Waals surface area contributed by atoms with Gasteiger partial charge in [-0.05, 0) is 44.5 Å². The summed E-state index contributed by atoms with van der Waals surface area (Å²) in [5, 5.41) is 13.1. The lowest BCUT2D eigenvalue weighted by Crippen LogP contribution is -2.69. The molecule has 1 heterocycles. The zero-order valence-corrected chi connectivity index (χ0v) is 44.3. The van der Waals surface area contributed by atoms with E-state index in [2.05, 4.69) is 0 Å². The van der Waals surface area contributed by atoms with E-state index in [9.17, 15) is 5.11 Å². The summed E-state index contributed by atoms with van der Waals surface area (Å²) in [4.78, 5) is 0. The van der Waals surface area contributed by atoms with Gasteiger partial charge in [-0.15, -0.1) is 0 Å². The number of benzene rings is 8. The average molecular weight is 1060 g/mol. The van der Waals surface area contributed by atoms with E-state index < -0.39 is 67.3 Å². The molecule has 0 aromatic heterocycles. The maximum atomic E-state index is 13.1. The molecule has 1 N–H and O–H groups in total. The molecule has 10 rings (SSSR count). The van der Waals surface area contributed by atoms with Gasteiger partial charge in [0.25, 0.3) is 0 Å². The van der Waals surface area contributed by atoms with Crippen LogP contribution in [0.1, 0.15) is 44.5 Å². The third-order valence-corrected chi connectivity index (χ3v) is 14.2. The van der Waals surface area contributed by atoms with E-state index in [1.54, 1.807) is 0 Å². The third-order valence-electron chi connectivity index (χ3n) is 14.2. The van der Waals surface area contributed by atoms with Gasteiger partial charge in [0.15, 0.2) is 6.29 Å². The van der Waals surface area contributed by atoms with Crippen LogP contribution in [0.25, 0.3) is 0 Å². The van der Waals surface area contributed by atoms with E-state index in [1.807, 2.05) is 243 Å². The lowest BCUT2D eigenvalue weighted by atomic mass is 9.83. The summed E-state index contributed by atoms with van der Waals surface area (Å²) in [5.41, 5.74) is 7.58. The van der Waals surface area contributed by atoms with E-state index in [4.69, 9.17) is 47.4 Å². The summed E-state index contributed by atoms with van der Waals surface area (Å²) < 4.78 is 70.9. The van der Waals surface area contributed by atoms with Gasteiger partial charge < -0.3 is 52.5 Å². The predicted molar refractivity (Wildman–Crippen MR) is 301 cm³/mol. The molecule has 0 bridgehead atoms. The van der Waals surface area contributed by atoms with Crippen LogP contribution < -0.4 is 0 Å². The van der Waals surface area contributed by atoms with Crippen LogP contribution in [0.5, 0.6) is 0 Å². The third kappa shape index (κ3) is 16.0. The number of rotatable bonds is 27. The first-order valence-electron chi connectivity index (χ1n) is 27.3. The Morgan fingerprint density at radius 3 is 0.835 bits per heavy atom. The first-order valence-corrected chi connectivity index (χ1v) is 27.3. The fourth-order valence-corrected chi connectivity index (χ4v) is 10.1. The zero-order chi connectivity index (χ0) is 53.7. The largest absolute Gasteiger partial charge is 0.387 e. The average Bonchev–Trinajstić information content (AvgIpc) is 3.67. The summed E-state index contributed by atoms with van der Waals surface area (Å²) in [5.74, 6) is 0. The minimum Gasteiger partial charge on any atom is -0.387 e. The predicted octanol–water partition coefficient (Wildman–Crippen LogP) is 11.8. The van der Waals surface area contributed by atoms with Gasteiger partial charge in [0.05, 0.1) is 59.5 Å². The molecule has 79 heavy (non-hydrogen) atoms. The zero-order valence-electron chi connectivity index (χ0n) is 44.3. The molecule has 1 saturated heterocycles. The molecule has 0 amide bonds. The second kappa shape index (κ2) is 29.5. The van der Waals surface area contributed by atoms with E-state index in [1.165, 1.54) is 0 Å². The number of aliphatic hydroxyl groups is 1. The molecule has 0 unspecified atom stereocenters. The smallest absolute Gasteiger partial charge is 0.187 e. The summed E-state index contributed by atoms with van der Waals surface area (Å²) in [7, 11) is 0. The highest BCUT2D eigenvalue weighted by molar-refractivity contribution is 5.20. The Balaban J connectivity index is 1.08. The van der Waals surface area contributed by atoms with Crippen molar-refractivity contribution in [2.45, 2.75) is 120 Å². The standard InChI is InChI=1S/C68H70O11/c69-59-61(72-43-52-29-13-3-14-30-52)64(75-46-55-35-19-6-20-36-55)65(76-47-56-37-21-7-22-38-56)66(62(59)73-44-53-31-15-4-16-32-53)79-68-67(77-48-57-39-23-8-24-40-57)63(74-45-54-33-17-5-18-34-54)60(71-42-51-27-11-2-12-28-51)58(78-68)49-70-41-50-25-9-1-10-26-50/h1-40,58-69H,41-49H2/t58-,59-,60-,61-,62+,63+,64+,65-,66+,67-,68-/m1/s1. The quantitative estimate of drug-likeness (QED) is 0.0531. The van der Waals surface area contributed by atoms with Gasteiger partial charge in [-0.3, -0.25) is 0 Å². The van der Waals surface area contributed by atoms with Crippen molar-refractivity contribution >= 4 is 0 Å².